The quantitative estimate of drug-likeness (QED) is 0.629. The summed E-state index contributed by atoms with van der Waals surface area (Å²) in [6, 6.07) is 10.6. The lowest BCUT2D eigenvalue weighted by atomic mass is 9.79. The molecule has 0 radical (unpaired) electrons. The predicted molar refractivity (Wildman–Crippen MR) is 125 cm³/mol. The van der Waals surface area contributed by atoms with Crippen molar-refractivity contribution in [1.82, 2.24) is 15.1 Å². The number of piperidine rings is 1. The lowest BCUT2D eigenvalue weighted by molar-refractivity contribution is 0.107. The summed E-state index contributed by atoms with van der Waals surface area (Å²) >= 11 is 12.2. The van der Waals surface area contributed by atoms with Gasteiger partial charge >= 0.3 is 6.03 Å². The number of nitrogens with zero attached hydrogens (tertiary/aromatic N) is 2. The van der Waals surface area contributed by atoms with E-state index in [1.54, 1.807) is 18.2 Å². The molecule has 2 aromatic rings. The van der Waals surface area contributed by atoms with Crippen molar-refractivity contribution in [3.63, 3.8) is 0 Å². The third-order valence-electron chi connectivity index (χ3n) is 6.55. The Bertz CT molecular complexity index is 990. The van der Waals surface area contributed by atoms with Crippen LogP contribution in [0.4, 0.5) is 9.18 Å². The molecule has 1 atom stereocenters. The average molecular weight is 480 g/mol. The van der Waals surface area contributed by atoms with Crippen LogP contribution in [0.5, 0.6) is 5.75 Å². The van der Waals surface area contributed by atoms with E-state index in [0.29, 0.717) is 15.6 Å². The van der Waals surface area contributed by atoms with E-state index < -0.39 is 5.82 Å². The molecule has 2 heterocycles. The van der Waals surface area contributed by atoms with Crippen molar-refractivity contribution in [2.24, 2.45) is 5.41 Å². The van der Waals surface area contributed by atoms with Gasteiger partial charge in [0.05, 0.1) is 17.2 Å². The lowest BCUT2D eigenvalue weighted by Gasteiger charge is -2.40. The summed E-state index contributed by atoms with van der Waals surface area (Å²) in [4.78, 5) is 17.1. The number of rotatable bonds is 5. The van der Waals surface area contributed by atoms with Gasteiger partial charge in [0.15, 0.2) is 11.6 Å². The first-order chi connectivity index (χ1) is 15.4. The van der Waals surface area contributed by atoms with Gasteiger partial charge in [0.2, 0.25) is 0 Å². The minimum Gasteiger partial charge on any atom is -0.494 e. The number of nitrogens with one attached hydrogen (secondary N) is 1. The molecule has 2 saturated heterocycles. The number of halogens is 3. The molecule has 1 N–H and O–H groups in total. The third-order valence-corrected chi connectivity index (χ3v) is 7.29. The molecule has 2 aliphatic rings. The van der Waals surface area contributed by atoms with E-state index in [1.165, 1.54) is 7.11 Å². The van der Waals surface area contributed by atoms with Crippen LogP contribution in [0.2, 0.25) is 10.0 Å². The molecule has 2 aliphatic heterocycles. The van der Waals surface area contributed by atoms with E-state index in [0.717, 1.165) is 57.5 Å². The summed E-state index contributed by atoms with van der Waals surface area (Å²) < 4.78 is 19.4. The molecule has 2 amide bonds. The smallest absolute Gasteiger partial charge is 0.317 e. The van der Waals surface area contributed by atoms with Crippen molar-refractivity contribution in [2.45, 2.75) is 32.4 Å². The maximum Gasteiger partial charge on any atom is 0.317 e. The fraction of sp³-hybridized carbons (Fsp3) is 0.458. The molecule has 8 heteroatoms. The van der Waals surface area contributed by atoms with Crippen molar-refractivity contribution in [1.29, 1.82) is 0 Å². The Labute approximate surface area is 198 Å². The highest BCUT2D eigenvalue weighted by molar-refractivity contribution is 6.42. The number of likely N-dealkylation sites (tertiary alicyclic amines) is 2. The number of amides is 2. The number of urea groups is 1. The molecule has 0 aromatic heterocycles. The van der Waals surface area contributed by atoms with Crippen LogP contribution in [0, 0.1) is 11.2 Å². The van der Waals surface area contributed by atoms with Crippen LogP contribution in [0.25, 0.3) is 0 Å². The number of carbonyl (C=O) groups excluding carboxylic acids is 1. The number of hydrogen-bond acceptors (Lipinski definition) is 3. The largest absolute Gasteiger partial charge is 0.494 e. The molecule has 32 heavy (non-hydrogen) atoms. The van der Waals surface area contributed by atoms with Gasteiger partial charge in [-0.1, -0.05) is 41.4 Å². The molecule has 5 nitrogen and oxygen atoms in total. The highest BCUT2D eigenvalue weighted by Crippen LogP contribution is 2.39. The van der Waals surface area contributed by atoms with Crippen LogP contribution in [0.1, 0.15) is 30.4 Å². The Balaban J connectivity index is 1.33. The molecule has 1 unspecified atom stereocenters. The maximum absolute atomic E-state index is 14.4. The van der Waals surface area contributed by atoms with E-state index >= 15 is 0 Å². The van der Waals surface area contributed by atoms with Crippen LogP contribution in [-0.2, 0) is 13.1 Å². The zero-order valence-electron chi connectivity index (χ0n) is 18.2. The standard InChI is InChI=1S/C24H28Cl2FN3O2/c1-32-21-5-2-4-18(22(21)27)13-28-23(31)30-10-3-8-24(16-30)9-11-29(15-24)14-17-6-7-19(25)20(26)12-17/h2,4-7,12H,3,8-11,13-16H2,1H3,(H,28,31). The first-order valence-electron chi connectivity index (χ1n) is 10.9. The van der Waals surface area contributed by atoms with Gasteiger partial charge in [-0.15, -0.1) is 0 Å². The number of ether oxygens (including phenoxy) is 1. The first-order valence-corrected chi connectivity index (χ1v) is 11.7. The topological polar surface area (TPSA) is 44.8 Å². The molecule has 2 fully saturated rings. The van der Waals surface area contributed by atoms with E-state index in [2.05, 4.69) is 10.2 Å². The summed E-state index contributed by atoms with van der Waals surface area (Å²) in [5, 5.41) is 4.02. The van der Waals surface area contributed by atoms with Crippen molar-refractivity contribution in [3.05, 3.63) is 63.4 Å². The van der Waals surface area contributed by atoms with Crippen LogP contribution >= 0.6 is 23.2 Å². The normalized spacial score (nSPS) is 21.2. The first kappa shape index (κ1) is 23.1. The molecule has 4 rings (SSSR count). The zero-order valence-corrected chi connectivity index (χ0v) is 19.7. The summed E-state index contributed by atoms with van der Waals surface area (Å²) in [7, 11) is 1.43. The van der Waals surface area contributed by atoms with E-state index in [4.69, 9.17) is 27.9 Å². The summed E-state index contributed by atoms with van der Waals surface area (Å²) in [6.45, 7) is 4.33. The summed E-state index contributed by atoms with van der Waals surface area (Å²) in [6.07, 6.45) is 3.14. The van der Waals surface area contributed by atoms with E-state index in [-0.39, 0.29) is 23.7 Å². The highest BCUT2D eigenvalue weighted by atomic mass is 35.5. The van der Waals surface area contributed by atoms with Crippen molar-refractivity contribution in [2.75, 3.05) is 33.3 Å². The molecule has 172 valence electrons. The maximum atomic E-state index is 14.4. The van der Waals surface area contributed by atoms with Gasteiger partial charge in [0.25, 0.3) is 0 Å². The second-order valence-electron chi connectivity index (χ2n) is 8.83. The predicted octanol–water partition coefficient (Wildman–Crippen LogP) is 5.34. The monoisotopic (exact) mass is 479 g/mol. The number of hydrogen-bond donors (Lipinski definition) is 1. The summed E-state index contributed by atoms with van der Waals surface area (Å²) in [5.41, 5.74) is 1.66. The number of carbonyl (C=O) groups is 1. The van der Waals surface area contributed by atoms with Crippen LogP contribution in [-0.4, -0.2) is 49.1 Å². The van der Waals surface area contributed by atoms with Gasteiger partial charge in [0.1, 0.15) is 0 Å². The molecular formula is C24H28Cl2FN3O2. The Morgan fingerprint density at radius 3 is 2.78 bits per heavy atom. The van der Waals surface area contributed by atoms with Gasteiger partial charge in [-0.05, 0) is 49.6 Å². The van der Waals surface area contributed by atoms with Gasteiger partial charge in [-0.3, -0.25) is 4.90 Å². The van der Waals surface area contributed by atoms with Crippen LogP contribution < -0.4 is 10.1 Å². The molecule has 0 bridgehead atoms. The molecule has 0 saturated carbocycles. The van der Waals surface area contributed by atoms with Gasteiger partial charge in [0, 0.05) is 43.7 Å². The highest BCUT2D eigenvalue weighted by Gasteiger charge is 2.42. The van der Waals surface area contributed by atoms with E-state index in [1.807, 2.05) is 23.1 Å². The lowest BCUT2D eigenvalue weighted by Crippen LogP contribution is -2.50. The van der Waals surface area contributed by atoms with Crippen molar-refractivity contribution >= 4 is 29.2 Å². The van der Waals surface area contributed by atoms with Gasteiger partial charge in [-0.25, -0.2) is 9.18 Å². The number of benzene rings is 2. The Morgan fingerprint density at radius 1 is 1.16 bits per heavy atom. The SMILES string of the molecule is COc1cccc(CNC(=O)N2CCCC3(CCN(Cc4ccc(Cl)c(Cl)c4)C3)C2)c1F. The van der Waals surface area contributed by atoms with E-state index in [9.17, 15) is 9.18 Å². The minimum absolute atomic E-state index is 0.104. The second kappa shape index (κ2) is 9.86. The zero-order chi connectivity index (χ0) is 22.7. The third kappa shape index (κ3) is 5.13. The van der Waals surface area contributed by atoms with Gasteiger partial charge in [-0.2, -0.15) is 0 Å². The summed E-state index contributed by atoms with van der Waals surface area (Å²) in [5.74, 6) is -0.249. The second-order valence-corrected chi connectivity index (χ2v) is 9.64. The molecule has 2 aromatic carbocycles. The van der Waals surface area contributed by atoms with Crippen molar-refractivity contribution < 1.29 is 13.9 Å². The van der Waals surface area contributed by atoms with Crippen LogP contribution in [0.3, 0.4) is 0 Å². The molecular weight excluding hydrogens is 452 g/mol. The van der Waals surface area contributed by atoms with Gasteiger partial charge < -0.3 is 15.0 Å². The van der Waals surface area contributed by atoms with Crippen molar-refractivity contribution in [3.8, 4) is 5.75 Å². The minimum atomic E-state index is -0.431. The average Bonchev–Trinajstić information content (AvgIpc) is 3.16. The Morgan fingerprint density at radius 2 is 2.00 bits per heavy atom. The Hall–Kier alpha value is -2.02. The molecule has 0 aliphatic carbocycles. The fourth-order valence-corrected chi connectivity index (χ4v) is 5.23. The fourth-order valence-electron chi connectivity index (χ4n) is 4.91. The Kier molecular flexibility index (Phi) is 7.13. The number of methoxy groups -OCH3 is 1. The van der Waals surface area contributed by atoms with Crippen LogP contribution in [0.15, 0.2) is 36.4 Å². The molecule has 1 spiro atoms.